The van der Waals surface area contributed by atoms with E-state index in [1.807, 2.05) is 89.6 Å². The van der Waals surface area contributed by atoms with Crippen molar-refractivity contribution in [2.45, 2.75) is 0 Å². The van der Waals surface area contributed by atoms with Gasteiger partial charge in [0.15, 0.2) is 0 Å². The molecule has 0 atom stereocenters. The maximum atomic E-state index is 11.3. The molecule has 0 saturated carbocycles. The van der Waals surface area contributed by atoms with Gasteiger partial charge in [-0.05, 0) is 97.1 Å². The normalized spacial score (nSPS) is 11.5. The van der Waals surface area contributed by atoms with Crippen molar-refractivity contribution < 1.29 is 5.11 Å². The van der Waals surface area contributed by atoms with E-state index in [1.165, 1.54) is 9.40 Å². The minimum atomic E-state index is 0.160. The fraction of sp³-hybridized carbons (Fsp3) is 0. The van der Waals surface area contributed by atoms with Crippen LogP contribution in [-0.2, 0) is 0 Å². The van der Waals surface area contributed by atoms with E-state index in [1.54, 1.807) is 22.7 Å². The molecule has 0 fully saturated rings. The first-order valence-electron chi connectivity index (χ1n) is 15.2. The Balaban J connectivity index is 1.11. The lowest BCUT2D eigenvalue weighted by Gasteiger charge is -2.26. The minimum absolute atomic E-state index is 0.160. The molecule has 0 aliphatic rings. The Kier molecular flexibility index (Phi) is 6.55. The smallest absolute Gasteiger partial charge is 0.137 e. The number of para-hydroxylation sites is 2. The van der Waals surface area contributed by atoms with Crippen molar-refractivity contribution >= 4 is 65.8 Å². The summed E-state index contributed by atoms with van der Waals surface area (Å²) >= 11 is 3.38. The Morgan fingerprint density at radius 3 is 1.66 bits per heavy atom. The Morgan fingerprint density at radius 1 is 0.553 bits per heavy atom. The lowest BCUT2D eigenvalue weighted by molar-refractivity contribution is 0.477. The van der Waals surface area contributed by atoms with Gasteiger partial charge in [0.1, 0.15) is 21.4 Å². The van der Waals surface area contributed by atoms with Crippen molar-refractivity contribution in [1.82, 2.24) is 19.4 Å². The Morgan fingerprint density at radius 2 is 1.11 bits per heavy atom. The summed E-state index contributed by atoms with van der Waals surface area (Å²) in [5.74, 6) is 0.160. The molecule has 1 N–H and O–H groups in total. The largest absolute Gasteiger partial charge is 0.507 e. The molecule has 0 radical (unpaired) electrons. The summed E-state index contributed by atoms with van der Waals surface area (Å²) in [4.78, 5) is 16.6. The predicted molar refractivity (Wildman–Crippen MR) is 194 cm³/mol. The molecule has 224 valence electrons. The average Bonchev–Trinajstić information content (AvgIpc) is 3.86. The number of aromatic hydroxyl groups is 1. The molecule has 0 bridgehead atoms. The van der Waals surface area contributed by atoms with Crippen LogP contribution in [0.15, 0.2) is 146 Å². The van der Waals surface area contributed by atoms with Crippen molar-refractivity contribution in [3.05, 3.63) is 146 Å². The summed E-state index contributed by atoms with van der Waals surface area (Å²) in [6.07, 6.45) is 3.89. The molecule has 0 unspecified atom stereocenters. The monoisotopic (exact) mass is 643 g/mol. The molecule has 8 heteroatoms. The van der Waals surface area contributed by atoms with Gasteiger partial charge >= 0.3 is 0 Å². The summed E-state index contributed by atoms with van der Waals surface area (Å²) < 4.78 is 4.29. The first-order valence-corrected chi connectivity index (χ1v) is 16.8. The van der Waals surface area contributed by atoms with Gasteiger partial charge in [0, 0.05) is 52.2 Å². The van der Waals surface area contributed by atoms with Gasteiger partial charge in [-0.1, -0.05) is 30.3 Å². The van der Waals surface area contributed by atoms with Crippen LogP contribution in [-0.4, -0.2) is 24.5 Å². The fourth-order valence-electron chi connectivity index (χ4n) is 5.88. The van der Waals surface area contributed by atoms with Crippen molar-refractivity contribution in [2.75, 3.05) is 4.90 Å². The molecular weight excluding hydrogens is 619 g/mol. The number of hydrogen-bond acceptors (Lipinski definition) is 7. The molecule has 47 heavy (non-hydrogen) atoms. The first-order chi connectivity index (χ1) is 23.2. The second-order valence-electron chi connectivity index (χ2n) is 11.2. The second kappa shape index (κ2) is 11.2. The van der Waals surface area contributed by atoms with E-state index in [2.05, 4.69) is 65.6 Å². The van der Waals surface area contributed by atoms with E-state index in [0.717, 1.165) is 54.9 Å². The third-order valence-corrected chi connectivity index (χ3v) is 10.4. The van der Waals surface area contributed by atoms with Crippen molar-refractivity contribution in [3.63, 3.8) is 0 Å². The van der Waals surface area contributed by atoms with Gasteiger partial charge in [0.2, 0.25) is 0 Å². The van der Waals surface area contributed by atoms with Gasteiger partial charge in [-0.25, -0.2) is 15.0 Å². The molecule has 6 nitrogen and oxygen atoms in total. The first kappa shape index (κ1) is 27.5. The van der Waals surface area contributed by atoms with Gasteiger partial charge in [0.05, 0.1) is 26.1 Å². The molecule has 4 heterocycles. The zero-order chi connectivity index (χ0) is 31.3. The quantitative estimate of drug-likeness (QED) is 0.195. The number of aromatic nitrogens is 4. The number of phenols is 1. The predicted octanol–water partition coefficient (Wildman–Crippen LogP) is 10.7. The Hall–Kier alpha value is -5.83. The summed E-state index contributed by atoms with van der Waals surface area (Å²) in [7, 11) is 0. The average molecular weight is 644 g/mol. The van der Waals surface area contributed by atoms with Crippen molar-refractivity contribution in [3.8, 4) is 38.1 Å². The maximum Gasteiger partial charge on any atom is 0.137 e. The molecule has 9 rings (SSSR count). The highest BCUT2D eigenvalue weighted by Crippen LogP contribution is 2.41. The number of imidazole rings is 1. The topological polar surface area (TPSA) is 66.5 Å². The van der Waals surface area contributed by atoms with E-state index in [0.29, 0.717) is 11.3 Å². The number of benzene rings is 5. The van der Waals surface area contributed by atoms with E-state index in [9.17, 15) is 5.11 Å². The van der Waals surface area contributed by atoms with E-state index >= 15 is 0 Å². The van der Waals surface area contributed by atoms with Crippen LogP contribution in [0, 0.1) is 0 Å². The van der Waals surface area contributed by atoms with Crippen LogP contribution < -0.4 is 4.90 Å². The Labute approximate surface area is 278 Å². The van der Waals surface area contributed by atoms with Crippen LogP contribution in [0.3, 0.4) is 0 Å². The molecule has 0 amide bonds. The molecule has 0 saturated heterocycles. The zero-order valence-electron chi connectivity index (χ0n) is 24.9. The number of pyridine rings is 1. The second-order valence-corrected chi connectivity index (χ2v) is 13.3. The third-order valence-electron chi connectivity index (χ3n) is 8.21. The number of phenolic OH excluding ortho intramolecular Hbond substituents is 1. The number of hydrogen-bond donors (Lipinski definition) is 1. The van der Waals surface area contributed by atoms with Gasteiger partial charge in [-0.2, -0.15) is 0 Å². The van der Waals surface area contributed by atoms with Crippen LogP contribution in [0.2, 0.25) is 0 Å². The zero-order valence-corrected chi connectivity index (χ0v) is 26.5. The molecule has 0 aliphatic carbocycles. The summed E-state index contributed by atoms with van der Waals surface area (Å²) in [6.45, 7) is 0. The molecule has 4 aromatic heterocycles. The highest BCUT2D eigenvalue weighted by molar-refractivity contribution is 7.22. The number of anilines is 3. The number of thiazole rings is 2. The number of rotatable bonds is 6. The van der Waals surface area contributed by atoms with Crippen LogP contribution >= 0.6 is 22.7 Å². The van der Waals surface area contributed by atoms with Crippen LogP contribution in [0.1, 0.15) is 0 Å². The molecule has 5 aromatic carbocycles. The van der Waals surface area contributed by atoms with Crippen molar-refractivity contribution in [1.29, 1.82) is 0 Å². The highest BCUT2D eigenvalue weighted by atomic mass is 32.1. The standard InChI is InChI=1S/C39H25N5OS2/c45-34-23-29(20-21-30(34)33-24-43-22-6-5-11-37(43)40-33)44(27-16-12-25(13-17-27)38-41-31-7-1-3-9-35(31)46-38)28-18-14-26(15-19-28)39-42-32-8-2-4-10-36(32)47-39/h1-24,45H. The number of fused-ring (bicyclic) bond motifs is 3. The van der Waals surface area contributed by atoms with E-state index in [4.69, 9.17) is 15.0 Å². The lowest BCUT2D eigenvalue weighted by Crippen LogP contribution is -2.10. The van der Waals surface area contributed by atoms with E-state index in [-0.39, 0.29) is 5.75 Å². The highest BCUT2D eigenvalue weighted by Gasteiger charge is 2.18. The lowest BCUT2D eigenvalue weighted by atomic mass is 10.1. The summed E-state index contributed by atoms with van der Waals surface area (Å²) in [5.41, 5.74) is 9.11. The third kappa shape index (κ3) is 5.00. The molecule has 9 aromatic rings. The fourth-order valence-corrected chi connectivity index (χ4v) is 7.83. The Bertz CT molecular complexity index is 2330. The minimum Gasteiger partial charge on any atom is -0.507 e. The number of nitrogens with zero attached hydrogens (tertiary/aromatic N) is 5. The van der Waals surface area contributed by atoms with E-state index < -0.39 is 0 Å². The molecule has 0 aliphatic heterocycles. The SMILES string of the molecule is Oc1cc(N(c2ccc(-c3nc4ccccc4s3)cc2)c2ccc(-c3nc4ccccc4s3)cc2)ccc1-c1cn2ccccc2n1. The van der Waals surface area contributed by atoms with Gasteiger partial charge < -0.3 is 14.4 Å². The van der Waals surface area contributed by atoms with Crippen molar-refractivity contribution in [2.24, 2.45) is 0 Å². The van der Waals surface area contributed by atoms with Crippen LogP contribution in [0.4, 0.5) is 17.1 Å². The summed E-state index contributed by atoms with van der Waals surface area (Å²) in [5, 5.41) is 13.3. The van der Waals surface area contributed by atoms with Gasteiger partial charge in [-0.15, -0.1) is 22.7 Å². The molecular formula is C39H25N5OS2. The summed E-state index contributed by atoms with van der Waals surface area (Å²) in [6, 6.07) is 44.9. The molecule has 0 spiro atoms. The maximum absolute atomic E-state index is 11.3. The van der Waals surface area contributed by atoms with Crippen LogP contribution in [0.25, 0.3) is 58.5 Å². The van der Waals surface area contributed by atoms with Crippen LogP contribution in [0.5, 0.6) is 5.75 Å². The van der Waals surface area contributed by atoms with Gasteiger partial charge in [0.25, 0.3) is 0 Å². The van der Waals surface area contributed by atoms with Gasteiger partial charge in [-0.3, -0.25) is 0 Å².